The highest BCUT2D eigenvalue weighted by molar-refractivity contribution is 6.08. The van der Waals surface area contributed by atoms with Crippen molar-refractivity contribution in [3.8, 4) is 5.75 Å². The zero-order valence-corrected chi connectivity index (χ0v) is 24.8. The number of benzene rings is 2. The molecule has 3 heterocycles. The molecule has 1 fully saturated rings. The molecule has 11 nitrogen and oxygen atoms in total. The summed E-state index contributed by atoms with van der Waals surface area (Å²) in [7, 11) is 1.42. The molecule has 0 bridgehead atoms. The standard InChI is InChI=1S/C30H35F3N8O3/c1-4-38-8-10-39(11-9-38)17-19-6-7-22(14-25(19)30(31,32)33)36-27(42)20-12-23(15-24(13-20)44-3)41-18-21-16-35-28(34)37-26(21)40(5-2)29(41)43/h6-7,12-16H,4-5,8-11,17-18H2,1-3H3,(H,36,42)(H2,34,35,37). The summed E-state index contributed by atoms with van der Waals surface area (Å²) >= 11 is 0. The van der Waals surface area contributed by atoms with Crippen LogP contribution in [0, 0.1) is 0 Å². The molecule has 0 aliphatic carbocycles. The number of aromatic nitrogens is 2. The van der Waals surface area contributed by atoms with Gasteiger partial charge < -0.3 is 20.7 Å². The van der Waals surface area contributed by atoms with Gasteiger partial charge in [0.05, 0.1) is 24.9 Å². The van der Waals surface area contributed by atoms with Gasteiger partial charge in [-0.15, -0.1) is 0 Å². The molecule has 0 atom stereocenters. The molecular formula is C30H35F3N8O3. The van der Waals surface area contributed by atoms with E-state index in [-0.39, 0.29) is 47.6 Å². The summed E-state index contributed by atoms with van der Waals surface area (Å²) in [5, 5.41) is 2.59. The van der Waals surface area contributed by atoms with Crippen LogP contribution in [-0.2, 0) is 19.3 Å². The van der Waals surface area contributed by atoms with Gasteiger partial charge >= 0.3 is 12.2 Å². The number of hydrogen-bond acceptors (Lipinski definition) is 8. The summed E-state index contributed by atoms with van der Waals surface area (Å²) in [6.45, 7) is 8.34. The lowest BCUT2D eigenvalue weighted by atomic mass is 10.0. The molecule has 0 spiro atoms. The fourth-order valence-corrected chi connectivity index (χ4v) is 5.47. The Kier molecular flexibility index (Phi) is 8.92. The van der Waals surface area contributed by atoms with Crippen LogP contribution in [0.1, 0.15) is 40.9 Å². The number of methoxy groups -OCH3 is 1. The van der Waals surface area contributed by atoms with Crippen LogP contribution in [0.4, 0.5) is 41.1 Å². The molecule has 234 valence electrons. The highest BCUT2D eigenvalue weighted by atomic mass is 19.4. The first-order chi connectivity index (χ1) is 21.0. The fraction of sp³-hybridized carbons (Fsp3) is 0.400. The van der Waals surface area contributed by atoms with E-state index < -0.39 is 17.6 Å². The minimum atomic E-state index is -4.60. The van der Waals surface area contributed by atoms with Crippen molar-refractivity contribution in [3.05, 3.63) is 64.8 Å². The second-order valence-corrected chi connectivity index (χ2v) is 10.6. The third kappa shape index (κ3) is 6.55. The smallest absolute Gasteiger partial charge is 0.416 e. The molecule has 1 saturated heterocycles. The van der Waals surface area contributed by atoms with Crippen LogP contribution in [0.5, 0.6) is 5.75 Å². The number of alkyl halides is 3. The van der Waals surface area contributed by atoms with Crippen LogP contribution in [0.15, 0.2) is 42.6 Å². The third-order valence-corrected chi connectivity index (χ3v) is 7.90. The molecule has 0 unspecified atom stereocenters. The van der Waals surface area contributed by atoms with Gasteiger partial charge in [0.15, 0.2) is 0 Å². The Labute approximate surface area is 253 Å². The van der Waals surface area contributed by atoms with E-state index in [9.17, 15) is 22.8 Å². The van der Waals surface area contributed by atoms with E-state index in [2.05, 4.69) is 27.1 Å². The van der Waals surface area contributed by atoms with Gasteiger partial charge in [0, 0.05) is 68.3 Å². The normalized spacial score (nSPS) is 16.2. The number of hydrogen-bond donors (Lipinski definition) is 2. The third-order valence-electron chi connectivity index (χ3n) is 7.90. The van der Waals surface area contributed by atoms with Gasteiger partial charge in [-0.2, -0.15) is 18.2 Å². The van der Waals surface area contributed by atoms with Crippen LogP contribution in [-0.4, -0.2) is 78.1 Å². The maximum Gasteiger partial charge on any atom is 0.416 e. The van der Waals surface area contributed by atoms with Gasteiger partial charge in [-0.3, -0.25) is 19.5 Å². The van der Waals surface area contributed by atoms with Gasteiger partial charge in [0.25, 0.3) is 5.91 Å². The summed E-state index contributed by atoms with van der Waals surface area (Å²) in [6, 6.07) is 8.01. The zero-order valence-electron chi connectivity index (χ0n) is 24.8. The SMILES string of the molecule is CCN1CCN(Cc2ccc(NC(=O)c3cc(OC)cc(N4Cc5cnc(N)nc5N(CC)C4=O)c3)cc2C(F)(F)F)CC1. The average molecular weight is 613 g/mol. The molecule has 0 radical (unpaired) electrons. The lowest BCUT2D eigenvalue weighted by molar-refractivity contribution is -0.138. The van der Waals surface area contributed by atoms with Crippen molar-refractivity contribution in [2.75, 3.05) is 67.2 Å². The van der Waals surface area contributed by atoms with Crippen molar-refractivity contribution >= 4 is 35.1 Å². The summed E-state index contributed by atoms with van der Waals surface area (Å²) in [5.41, 5.74) is 6.21. The van der Waals surface area contributed by atoms with Crippen LogP contribution >= 0.6 is 0 Å². The molecule has 2 aromatic carbocycles. The second kappa shape index (κ2) is 12.7. The first kappa shape index (κ1) is 31.0. The van der Waals surface area contributed by atoms with E-state index in [0.717, 1.165) is 25.7 Å². The number of nitrogens with one attached hydrogen (secondary N) is 1. The Morgan fingerprint density at radius 3 is 2.43 bits per heavy atom. The first-order valence-corrected chi connectivity index (χ1v) is 14.4. The van der Waals surface area contributed by atoms with E-state index in [1.807, 2.05) is 4.90 Å². The lowest BCUT2D eigenvalue weighted by Crippen LogP contribution is -2.48. The number of likely N-dealkylation sites (N-methyl/N-ethyl adjacent to an activating group) is 1. The first-order valence-electron chi connectivity index (χ1n) is 14.4. The summed E-state index contributed by atoms with van der Waals surface area (Å²) < 4.78 is 47.8. The number of nitrogen functional groups attached to an aromatic ring is 1. The number of nitrogens with zero attached hydrogens (tertiary/aromatic N) is 6. The number of halogens is 3. The Morgan fingerprint density at radius 2 is 1.77 bits per heavy atom. The quantitative estimate of drug-likeness (QED) is 0.383. The highest BCUT2D eigenvalue weighted by Crippen LogP contribution is 2.36. The van der Waals surface area contributed by atoms with Crippen LogP contribution in [0.25, 0.3) is 0 Å². The predicted molar refractivity (Wildman–Crippen MR) is 161 cm³/mol. The number of amides is 3. The Bertz CT molecular complexity index is 1540. The molecule has 14 heteroatoms. The van der Waals surface area contributed by atoms with Crippen molar-refractivity contribution < 1.29 is 27.5 Å². The molecule has 3 N–H and O–H groups in total. The number of urea groups is 1. The molecular weight excluding hydrogens is 577 g/mol. The van der Waals surface area contributed by atoms with Gasteiger partial charge in [-0.1, -0.05) is 13.0 Å². The number of ether oxygens (including phenoxy) is 1. The number of anilines is 4. The summed E-state index contributed by atoms with van der Waals surface area (Å²) in [5.74, 6) is 0.0851. The van der Waals surface area contributed by atoms with Gasteiger partial charge in [0.1, 0.15) is 11.6 Å². The maximum atomic E-state index is 14.1. The largest absolute Gasteiger partial charge is 0.497 e. The van der Waals surface area contributed by atoms with Crippen LogP contribution in [0.2, 0.25) is 0 Å². The van der Waals surface area contributed by atoms with Gasteiger partial charge in [-0.05, 0) is 43.3 Å². The molecule has 44 heavy (non-hydrogen) atoms. The fourth-order valence-electron chi connectivity index (χ4n) is 5.47. The monoisotopic (exact) mass is 612 g/mol. The number of carbonyl (C=O) groups is 2. The number of piperazine rings is 1. The number of rotatable bonds is 8. The van der Waals surface area contributed by atoms with Gasteiger partial charge in [-0.25, -0.2) is 9.78 Å². The molecule has 2 aliphatic heterocycles. The van der Waals surface area contributed by atoms with E-state index in [0.29, 0.717) is 36.7 Å². The summed E-state index contributed by atoms with van der Waals surface area (Å²) in [4.78, 5) is 42.2. The Hall–Kier alpha value is -4.43. The molecule has 3 amide bonds. The van der Waals surface area contributed by atoms with E-state index in [4.69, 9.17) is 10.5 Å². The minimum Gasteiger partial charge on any atom is -0.497 e. The van der Waals surface area contributed by atoms with Crippen molar-refractivity contribution in [3.63, 3.8) is 0 Å². The number of fused-ring (bicyclic) bond motifs is 1. The average Bonchev–Trinajstić information content (AvgIpc) is 3.01. The lowest BCUT2D eigenvalue weighted by Gasteiger charge is -2.35. The minimum absolute atomic E-state index is 0.00104. The van der Waals surface area contributed by atoms with Crippen molar-refractivity contribution in [2.24, 2.45) is 0 Å². The van der Waals surface area contributed by atoms with Crippen LogP contribution < -0.4 is 25.6 Å². The predicted octanol–water partition coefficient (Wildman–Crippen LogP) is 4.44. The molecule has 2 aliphatic rings. The second-order valence-electron chi connectivity index (χ2n) is 10.6. The van der Waals surface area contributed by atoms with Crippen LogP contribution in [0.3, 0.4) is 0 Å². The Balaban J connectivity index is 1.39. The van der Waals surface area contributed by atoms with Gasteiger partial charge in [0.2, 0.25) is 5.95 Å². The van der Waals surface area contributed by atoms with E-state index >= 15 is 0 Å². The number of carbonyl (C=O) groups excluding carboxylic acids is 2. The van der Waals surface area contributed by atoms with Crippen molar-refractivity contribution in [1.82, 2.24) is 19.8 Å². The number of nitrogens with two attached hydrogens (primary N) is 1. The summed E-state index contributed by atoms with van der Waals surface area (Å²) in [6.07, 6.45) is -3.06. The topological polar surface area (TPSA) is 120 Å². The van der Waals surface area contributed by atoms with E-state index in [1.54, 1.807) is 19.2 Å². The Morgan fingerprint density at radius 1 is 1.05 bits per heavy atom. The van der Waals surface area contributed by atoms with E-state index in [1.165, 1.54) is 41.2 Å². The van der Waals surface area contributed by atoms with Crippen molar-refractivity contribution in [2.45, 2.75) is 33.1 Å². The molecule has 3 aromatic rings. The zero-order chi connectivity index (χ0) is 31.6. The maximum absolute atomic E-state index is 14.1. The molecule has 5 rings (SSSR count). The highest BCUT2D eigenvalue weighted by Gasteiger charge is 2.35. The van der Waals surface area contributed by atoms with Crippen molar-refractivity contribution in [1.29, 1.82) is 0 Å². The molecule has 1 aromatic heterocycles. The molecule has 0 saturated carbocycles.